The van der Waals surface area contributed by atoms with E-state index in [-0.39, 0.29) is 18.1 Å². The lowest BCUT2D eigenvalue weighted by Gasteiger charge is -2.26. The normalized spacial score (nSPS) is 17.4. The monoisotopic (exact) mass is 533 g/mol. The van der Waals surface area contributed by atoms with Gasteiger partial charge in [0, 0.05) is 17.3 Å². The Kier molecular flexibility index (Phi) is 6.48. The molecular weight excluding hydrogens is 506 g/mol. The van der Waals surface area contributed by atoms with E-state index in [9.17, 15) is 14.7 Å². The maximum Gasteiger partial charge on any atom is 0.300 e. The molecule has 0 saturated carbocycles. The van der Waals surface area contributed by atoms with E-state index in [0.717, 1.165) is 16.7 Å². The van der Waals surface area contributed by atoms with Crippen molar-refractivity contribution in [2.45, 2.75) is 26.5 Å². The Balaban J connectivity index is 1.41. The van der Waals surface area contributed by atoms with Gasteiger partial charge in [0.25, 0.3) is 11.7 Å². The lowest BCUT2D eigenvalue weighted by Crippen LogP contribution is -2.29. The van der Waals surface area contributed by atoms with Crippen LogP contribution in [0.2, 0.25) is 0 Å². The van der Waals surface area contributed by atoms with Crippen molar-refractivity contribution in [3.8, 4) is 17.2 Å². The Morgan fingerprint density at radius 3 is 2.48 bits per heavy atom. The first-order valence-electron chi connectivity index (χ1n) is 13.0. The van der Waals surface area contributed by atoms with Crippen LogP contribution in [0.25, 0.3) is 5.76 Å². The Morgan fingerprint density at radius 2 is 1.70 bits per heavy atom. The fraction of sp³-hybridized carbons (Fsp3) is 0.152. The highest BCUT2D eigenvalue weighted by Crippen LogP contribution is 2.45. The molecule has 0 spiro atoms. The number of carbonyl (C=O) groups excluding carboxylic acids is 2. The Labute approximate surface area is 231 Å². The van der Waals surface area contributed by atoms with E-state index in [4.69, 9.17) is 14.2 Å². The second-order valence-corrected chi connectivity index (χ2v) is 9.88. The number of fused-ring (bicyclic) bond motifs is 1. The summed E-state index contributed by atoms with van der Waals surface area (Å²) in [7, 11) is 0. The minimum absolute atomic E-state index is 0.0191. The fourth-order valence-electron chi connectivity index (χ4n) is 5.14. The maximum atomic E-state index is 13.5. The van der Waals surface area contributed by atoms with Gasteiger partial charge in [0.15, 0.2) is 11.5 Å². The van der Waals surface area contributed by atoms with Crippen LogP contribution in [0.1, 0.15) is 33.9 Å². The first-order chi connectivity index (χ1) is 19.4. The van der Waals surface area contributed by atoms with Gasteiger partial charge < -0.3 is 19.3 Å². The third-order valence-corrected chi connectivity index (χ3v) is 7.12. The summed E-state index contributed by atoms with van der Waals surface area (Å²) in [5.74, 6) is -0.0148. The van der Waals surface area contributed by atoms with Crippen LogP contribution in [0.15, 0.2) is 96.6 Å². The third-order valence-electron chi connectivity index (χ3n) is 7.12. The number of anilines is 1. The van der Waals surface area contributed by atoms with E-state index in [0.29, 0.717) is 40.7 Å². The van der Waals surface area contributed by atoms with Gasteiger partial charge in [0.1, 0.15) is 18.1 Å². The van der Waals surface area contributed by atoms with Crippen LogP contribution in [0.5, 0.6) is 17.2 Å². The van der Waals surface area contributed by atoms with Crippen LogP contribution in [0.4, 0.5) is 5.69 Å². The molecule has 1 atom stereocenters. The highest BCUT2D eigenvalue weighted by atomic mass is 16.7. The van der Waals surface area contributed by atoms with Crippen LogP contribution in [-0.2, 0) is 16.2 Å². The number of carbonyl (C=O) groups is 2. The van der Waals surface area contributed by atoms with Gasteiger partial charge in [0.2, 0.25) is 6.79 Å². The summed E-state index contributed by atoms with van der Waals surface area (Å²) in [6.07, 6.45) is 0. The molecule has 7 nitrogen and oxygen atoms in total. The molecule has 1 unspecified atom stereocenters. The van der Waals surface area contributed by atoms with Crippen LogP contribution in [-0.4, -0.2) is 23.6 Å². The number of aryl methyl sites for hydroxylation is 2. The molecule has 1 fully saturated rings. The van der Waals surface area contributed by atoms with Gasteiger partial charge in [0.05, 0.1) is 11.6 Å². The zero-order chi connectivity index (χ0) is 27.8. The number of hydrogen-bond donors (Lipinski definition) is 1. The average molecular weight is 534 g/mol. The largest absolute Gasteiger partial charge is 0.507 e. The molecule has 6 rings (SSSR count). The van der Waals surface area contributed by atoms with Crippen molar-refractivity contribution >= 4 is 23.1 Å². The van der Waals surface area contributed by atoms with Crippen LogP contribution >= 0.6 is 0 Å². The molecule has 4 aromatic carbocycles. The number of benzene rings is 4. The first-order valence-corrected chi connectivity index (χ1v) is 13.0. The molecule has 0 radical (unpaired) electrons. The van der Waals surface area contributed by atoms with Crippen LogP contribution < -0.4 is 19.1 Å². The Bertz CT molecular complexity index is 1660. The maximum absolute atomic E-state index is 13.5. The quantitative estimate of drug-likeness (QED) is 0.180. The molecule has 40 heavy (non-hydrogen) atoms. The Morgan fingerprint density at radius 1 is 0.900 bits per heavy atom. The molecule has 1 amide bonds. The van der Waals surface area contributed by atoms with Gasteiger partial charge >= 0.3 is 0 Å². The lowest BCUT2D eigenvalue weighted by atomic mass is 9.94. The van der Waals surface area contributed by atoms with Gasteiger partial charge in [-0.15, -0.1) is 0 Å². The van der Waals surface area contributed by atoms with Gasteiger partial charge in [-0.25, -0.2) is 0 Å². The van der Waals surface area contributed by atoms with Crippen molar-refractivity contribution in [2.24, 2.45) is 0 Å². The fourth-order valence-corrected chi connectivity index (χ4v) is 5.14. The van der Waals surface area contributed by atoms with Gasteiger partial charge in [-0.1, -0.05) is 60.2 Å². The van der Waals surface area contributed by atoms with E-state index >= 15 is 0 Å². The highest BCUT2D eigenvalue weighted by molar-refractivity contribution is 6.51. The minimum Gasteiger partial charge on any atom is -0.507 e. The molecule has 0 aromatic heterocycles. The molecule has 4 aromatic rings. The minimum atomic E-state index is -0.838. The summed E-state index contributed by atoms with van der Waals surface area (Å²) in [4.78, 5) is 28.4. The molecule has 1 N–H and O–H groups in total. The van der Waals surface area contributed by atoms with E-state index in [1.54, 1.807) is 36.4 Å². The van der Waals surface area contributed by atoms with Crippen molar-refractivity contribution in [3.05, 3.63) is 124 Å². The number of aliphatic hydroxyl groups excluding tert-OH is 1. The first kappa shape index (κ1) is 25.2. The predicted molar refractivity (Wildman–Crippen MR) is 150 cm³/mol. The third kappa shape index (κ3) is 4.56. The number of Topliss-reactive ketones (excluding diaryl/α,β-unsaturated/α-hetero) is 1. The smallest absolute Gasteiger partial charge is 0.300 e. The van der Waals surface area contributed by atoms with E-state index in [2.05, 4.69) is 0 Å². The van der Waals surface area contributed by atoms with E-state index in [1.165, 1.54) is 4.90 Å². The molecule has 7 heteroatoms. The molecule has 2 aliphatic heterocycles. The van der Waals surface area contributed by atoms with E-state index < -0.39 is 17.7 Å². The van der Waals surface area contributed by atoms with Crippen molar-refractivity contribution in [3.63, 3.8) is 0 Å². The number of amides is 1. The van der Waals surface area contributed by atoms with Crippen molar-refractivity contribution < 1.29 is 28.9 Å². The van der Waals surface area contributed by atoms with Gasteiger partial charge in [-0.2, -0.15) is 0 Å². The SMILES string of the molecule is Cc1cccc(C2/C(=C(\O)c3ccc(OCc4ccccc4)c(C)c3)C(=O)C(=O)N2c2ccc3c(c2)OCO3)c1. The molecule has 1 saturated heterocycles. The van der Waals surface area contributed by atoms with Gasteiger partial charge in [-0.05, 0) is 60.9 Å². The standard InChI is InChI=1S/C33H27NO6/c1-20-7-6-10-23(15-20)30-29(32(36)33(37)34(30)25-12-14-27-28(17-25)40-19-39-27)31(35)24-11-13-26(21(2)16-24)38-18-22-8-4-3-5-9-22/h3-17,30,35H,18-19H2,1-2H3/b31-29+. The van der Waals surface area contributed by atoms with E-state index in [1.807, 2.05) is 68.4 Å². The summed E-state index contributed by atoms with van der Waals surface area (Å²) in [5, 5.41) is 11.5. The topological polar surface area (TPSA) is 85.3 Å². The summed E-state index contributed by atoms with van der Waals surface area (Å²) in [6.45, 7) is 4.30. The second-order valence-electron chi connectivity index (χ2n) is 9.88. The van der Waals surface area contributed by atoms with Crippen molar-refractivity contribution in [1.82, 2.24) is 0 Å². The second kappa shape index (κ2) is 10.3. The molecule has 0 bridgehead atoms. The number of nitrogens with zero attached hydrogens (tertiary/aromatic N) is 1. The number of hydrogen-bond acceptors (Lipinski definition) is 6. The average Bonchev–Trinajstić information content (AvgIpc) is 3.54. The summed E-state index contributed by atoms with van der Waals surface area (Å²) < 4.78 is 16.9. The molecule has 200 valence electrons. The van der Waals surface area contributed by atoms with Crippen LogP contribution in [0.3, 0.4) is 0 Å². The van der Waals surface area contributed by atoms with Crippen molar-refractivity contribution in [1.29, 1.82) is 0 Å². The zero-order valence-corrected chi connectivity index (χ0v) is 22.1. The summed E-state index contributed by atoms with van der Waals surface area (Å²) >= 11 is 0. The zero-order valence-electron chi connectivity index (χ0n) is 22.1. The number of rotatable bonds is 6. The van der Waals surface area contributed by atoms with Crippen molar-refractivity contribution in [2.75, 3.05) is 11.7 Å². The number of ether oxygens (including phenoxy) is 3. The lowest BCUT2D eigenvalue weighted by molar-refractivity contribution is -0.132. The molecule has 2 aliphatic rings. The Hall–Kier alpha value is -5.04. The predicted octanol–water partition coefficient (Wildman–Crippen LogP) is 6.24. The molecule has 2 heterocycles. The summed E-state index contributed by atoms with van der Waals surface area (Å²) in [6, 6.07) is 26.9. The number of ketones is 1. The van der Waals surface area contributed by atoms with Crippen LogP contribution in [0, 0.1) is 13.8 Å². The summed E-state index contributed by atoms with van der Waals surface area (Å²) in [5.41, 5.74) is 4.41. The highest BCUT2D eigenvalue weighted by Gasteiger charge is 2.47. The molecular formula is C33H27NO6. The van der Waals surface area contributed by atoms with Gasteiger partial charge in [-0.3, -0.25) is 14.5 Å². The molecule has 0 aliphatic carbocycles. The number of aliphatic hydroxyl groups is 1.